The maximum atomic E-state index is 13.3. The lowest BCUT2D eigenvalue weighted by Crippen LogP contribution is -2.13. The van der Waals surface area contributed by atoms with E-state index in [1.54, 1.807) is 0 Å². The van der Waals surface area contributed by atoms with Crippen LogP contribution < -0.4 is 10.5 Å². The van der Waals surface area contributed by atoms with E-state index in [1.807, 2.05) is 0 Å². The normalized spacial score (nSPS) is 11.3. The quantitative estimate of drug-likeness (QED) is 0.379. The van der Waals surface area contributed by atoms with E-state index in [1.165, 1.54) is 30.3 Å². The van der Waals surface area contributed by atoms with E-state index in [0.29, 0.717) is 11.6 Å². The summed E-state index contributed by atoms with van der Waals surface area (Å²) in [4.78, 5) is 24.2. The average molecular weight is 452 g/mol. The SMILES string of the molecule is NC(=O)c1cccc(CC(=O)c2cc(C(F)(F)F)ccc2Oc2ccc(F)cc2Cl)c1. The van der Waals surface area contributed by atoms with Crippen LogP contribution in [0.2, 0.25) is 5.02 Å². The van der Waals surface area contributed by atoms with Gasteiger partial charge in [0.15, 0.2) is 5.78 Å². The zero-order valence-corrected chi connectivity index (χ0v) is 16.4. The third kappa shape index (κ3) is 5.40. The van der Waals surface area contributed by atoms with Gasteiger partial charge in [-0.05, 0) is 54.1 Å². The van der Waals surface area contributed by atoms with Gasteiger partial charge in [-0.3, -0.25) is 9.59 Å². The highest BCUT2D eigenvalue weighted by molar-refractivity contribution is 6.32. The van der Waals surface area contributed by atoms with Crippen LogP contribution in [0, 0.1) is 5.82 Å². The van der Waals surface area contributed by atoms with Crippen LogP contribution in [0.25, 0.3) is 0 Å². The van der Waals surface area contributed by atoms with Crippen molar-refractivity contribution in [2.45, 2.75) is 12.6 Å². The number of nitrogens with two attached hydrogens (primary N) is 1. The van der Waals surface area contributed by atoms with Crippen LogP contribution in [-0.2, 0) is 12.6 Å². The molecule has 4 nitrogen and oxygen atoms in total. The summed E-state index contributed by atoms with van der Waals surface area (Å²) in [5.74, 6) is -2.25. The van der Waals surface area contributed by atoms with E-state index in [2.05, 4.69) is 0 Å². The first kappa shape index (κ1) is 22.3. The summed E-state index contributed by atoms with van der Waals surface area (Å²) in [5.41, 5.74) is 4.36. The number of ketones is 1. The van der Waals surface area contributed by atoms with Crippen molar-refractivity contribution in [1.82, 2.24) is 0 Å². The summed E-state index contributed by atoms with van der Waals surface area (Å²) in [6, 6.07) is 11.5. The molecule has 3 aromatic rings. The predicted octanol–water partition coefficient (Wildman–Crippen LogP) is 5.81. The second kappa shape index (κ2) is 8.77. The van der Waals surface area contributed by atoms with Crippen molar-refractivity contribution in [3.05, 3.63) is 93.8 Å². The van der Waals surface area contributed by atoms with Gasteiger partial charge in [0.2, 0.25) is 5.91 Å². The van der Waals surface area contributed by atoms with Gasteiger partial charge in [0.05, 0.1) is 16.1 Å². The van der Waals surface area contributed by atoms with E-state index < -0.39 is 29.2 Å². The van der Waals surface area contributed by atoms with Gasteiger partial charge in [0, 0.05) is 12.0 Å². The maximum Gasteiger partial charge on any atom is 0.416 e. The molecule has 3 rings (SSSR count). The summed E-state index contributed by atoms with van der Waals surface area (Å²) in [6.07, 6.45) is -5.00. The summed E-state index contributed by atoms with van der Waals surface area (Å²) in [5, 5.41) is -0.118. The topological polar surface area (TPSA) is 69.4 Å². The Balaban J connectivity index is 2.00. The second-order valence-corrected chi connectivity index (χ2v) is 6.96. The summed E-state index contributed by atoms with van der Waals surface area (Å²) >= 11 is 5.92. The van der Waals surface area contributed by atoms with Crippen LogP contribution in [-0.4, -0.2) is 11.7 Å². The molecule has 0 unspecified atom stereocenters. The zero-order chi connectivity index (χ0) is 22.8. The number of primary amides is 1. The number of halogens is 5. The first-order chi connectivity index (χ1) is 14.5. The minimum atomic E-state index is -4.69. The lowest BCUT2D eigenvalue weighted by Gasteiger charge is -2.15. The maximum absolute atomic E-state index is 13.3. The van der Waals surface area contributed by atoms with Crippen molar-refractivity contribution in [1.29, 1.82) is 0 Å². The van der Waals surface area contributed by atoms with Crippen molar-refractivity contribution in [2.24, 2.45) is 5.73 Å². The third-order valence-electron chi connectivity index (χ3n) is 4.30. The van der Waals surface area contributed by atoms with Crippen molar-refractivity contribution >= 4 is 23.3 Å². The number of rotatable bonds is 6. The molecule has 0 aliphatic carbocycles. The number of amides is 1. The van der Waals surface area contributed by atoms with E-state index in [9.17, 15) is 27.2 Å². The molecule has 0 heterocycles. The zero-order valence-electron chi connectivity index (χ0n) is 15.7. The Labute approximate surface area is 179 Å². The number of hydrogen-bond donors (Lipinski definition) is 1. The molecule has 2 N–H and O–H groups in total. The molecule has 0 aromatic heterocycles. The molecule has 0 saturated heterocycles. The largest absolute Gasteiger partial charge is 0.455 e. The standard InChI is InChI=1S/C22H14ClF4NO3/c23-17-11-15(24)5-7-20(17)31-19-6-4-14(22(25,26)27)10-16(19)18(29)9-12-2-1-3-13(8-12)21(28)30/h1-8,10-11H,9H2,(H2,28,30). The highest BCUT2D eigenvalue weighted by Gasteiger charge is 2.32. The average Bonchev–Trinajstić information content (AvgIpc) is 2.69. The molecule has 0 radical (unpaired) electrons. The first-order valence-electron chi connectivity index (χ1n) is 8.80. The van der Waals surface area contributed by atoms with Crippen LogP contribution in [0.3, 0.4) is 0 Å². The van der Waals surface area contributed by atoms with Crippen LogP contribution >= 0.6 is 11.6 Å². The highest BCUT2D eigenvalue weighted by Crippen LogP contribution is 2.36. The van der Waals surface area contributed by atoms with E-state index >= 15 is 0 Å². The molecular weight excluding hydrogens is 438 g/mol. The summed E-state index contributed by atoms with van der Waals surface area (Å²) in [7, 11) is 0. The molecule has 0 atom stereocenters. The van der Waals surface area contributed by atoms with Gasteiger partial charge in [0.1, 0.15) is 17.3 Å². The summed E-state index contributed by atoms with van der Waals surface area (Å²) < 4.78 is 58.4. The van der Waals surface area contributed by atoms with Crippen LogP contribution in [0.1, 0.15) is 31.8 Å². The number of ether oxygens (including phenoxy) is 1. The fourth-order valence-electron chi connectivity index (χ4n) is 2.80. The molecule has 9 heteroatoms. The van der Waals surface area contributed by atoms with Crippen molar-refractivity contribution in [3.8, 4) is 11.5 Å². The van der Waals surface area contributed by atoms with Gasteiger partial charge in [-0.25, -0.2) is 4.39 Å². The molecule has 160 valence electrons. The fraction of sp³-hybridized carbons (Fsp3) is 0.0909. The molecule has 31 heavy (non-hydrogen) atoms. The van der Waals surface area contributed by atoms with Crippen molar-refractivity contribution < 1.29 is 31.9 Å². The molecule has 0 spiro atoms. The molecule has 0 bridgehead atoms. The molecule has 1 amide bonds. The lowest BCUT2D eigenvalue weighted by atomic mass is 9.99. The molecule has 0 fully saturated rings. The lowest BCUT2D eigenvalue weighted by molar-refractivity contribution is -0.137. The Morgan fingerprint density at radius 2 is 1.68 bits per heavy atom. The van der Waals surface area contributed by atoms with Crippen LogP contribution in [0.15, 0.2) is 60.7 Å². The smallest absolute Gasteiger partial charge is 0.416 e. The Morgan fingerprint density at radius 3 is 2.32 bits per heavy atom. The highest BCUT2D eigenvalue weighted by atomic mass is 35.5. The van der Waals surface area contributed by atoms with Gasteiger partial charge in [0.25, 0.3) is 0 Å². The van der Waals surface area contributed by atoms with E-state index in [0.717, 1.165) is 24.3 Å². The van der Waals surface area contributed by atoms with E-state index in [4.69, 9.17) is 22.1 Å². The Hall–Kier alpha value is -3.39. The Morgan fingerprint density at radius 1 is 0.968 bits per heavy atom. The van der Waals surface area contributed by atoms with Gasteiger partial charge in [-0.1, -0.05) is 23.7 Å². The third-order valence-corrected chi connectivity index (χ3v) is 4.59. The van der Waals surface area contributed by atoms with Gasteiger partial charge >= 0.3 is 6.18 Å². The van der Waals surface area contributed by atoms with E-state index in [-0.39, 0.29) is 34.1 Å². The van der Waals surface area contributed by atoms with Crippen molar-refractivity contribution in [3.63, 3.8) is 0 Å². The monoisotopic (exact) mass is 451 g/mol. The number of benzene rings is 3. The molecule has 0 saturated carbocycles. The van der Waals surface area contributed by atoms with Gasteiger partial charge < -0.3 is 10.5 Å². The fourth-order valence-corrected chi connectivity index (χ4v) is 3.01. The number of carbonyl (C=O) groups is 2. The number of hydrogen-bond acceptors (Lipinski definition) is 3. The Kier molecular flexibility index (Phi) is 6.31. The minimum absolute atomic E-state index is 0.0346. The summed E-state index contributed by atoms with van der Waals surface area (Å²) in [6.45, 7) is 0. The van der Waals surface area contributed by atoms with Crippen LogP contribution in [0.4, 0.5) is 17.6 Å². The number of Topliss-reactive ketones (excluding diaryl/α,β-unsaturated/α-hetero) is 1. The molecule has 0 aliphatic rings. The predicted molar refractivity (Wildman–Crippen MR) is 106 cm³/mol. The van der Waals surface area contributed by atoms with Gasteiger partial charge in [-0.15, -0.1) is 0 Å². The Bertz CT molecular complexity index is 1160. The molecular formula is C22H14ClF4NO3. The number of carbonyl (C=O) groups excluding carboxylic acids is 2. The minimum Gasteiger partial charge on any atom is -0.455 e. The van der Waals surface area contributed by atoms with Crippen molar-refractivity contribution in [2.75, 3.05) is 0 Å². The number of alkyl halides is 3. The second-order valence-electron chi connectivity index (χ2n) is 6.55. The van der Waals surface area contributed by atoms with Crippen LogP contribution in [0.5, 0.6) is 11.5 Å². The molecule has 0 aliphatic heterocycles. The first-order valence-corrected chi connectivity index (χ1v) is 9.18. The molecule has 3 aromatic carbocycles. The van der Waals surface area contributed by atoms with Gasteiger partial charge in [-0.2, -0.15) is 13.2 Å².